The van der Waals surface area contributed by atoms with E-state index in [4.69, 9.17) is 9.47 Å². The third kappa shape index (κ3) is 5.29. The molecule has 1 aliphatic heterocycles. The maximum atomic E-state index is 13.0. The largest absolute Gasteiger partial charge is 0.450 e. The molecule has 0 bridgehead atoms. The average molecular weight is 454 g/mol. The summed E-state index contributed by atoms with van der Waals surface area (Å²) in [4.78, 5) is 26.8. The summed E-state index contributed by atoms with van der Waals surface area (Å²) < 4.78 is 12.3. The highest BCUT2D eigenvalue weighted by Crippen LogP contribution is 2.29. The number of hydrogen-bond donors (Lipinski definition) is 2. The van der Waals surface area contributed by atoms with E-state index >= 15 is 0 Å². The fraction of sp³-hybridized carbons (Fsp3) is 0.440. The molecule has 3 aromatic rings. The number of para-hydroxylation sites is 2. The second kappa shape index (κ2) is 10.7. The number of amides is 1. The number of benzene rings is 2. The van der Waals surface area contributed by atoms with Crippen molar-refractivity contribution >= 4 is 34.0 Å². The van der Waals surface area contributed by atoms with E-state index in [9.17, 15) is 14.7 Å². The number of ether oxygens (including phenoxy) is 2. The number of carbonyl (C=O) groups is 2. The maximum Gasteiger partial charge on any atom is 0.418 e. The van der Waals surface area contributed by atoms with Gasteiger partial charge in [-0.15, -0.1) is 0 Å². The van der Waals surface area contributed by atoms with Gasteiger partial charge in [0.25, 0.3) is 0 Å². The SMILES string of the molecule is CCOC(=O)N[C@H](CO)CN1CCC(COC(=O)n2c3ccccc3c3ccccc32)CC1. The quantitative estimate of drug-likeness (QED) is 0.568. The second-order valence-electron chi connectivity index (χ2n) is 8.43. The standard InChI is InChI=1S/C25H31N3O5/c1-2-32-24(30)26-19(16-29)15-27-13-11-18(12-14-27)17-33-25(31)28-22-9-5-3-7-20(22)21-8-4-6-10-23(21)28/h3-10,18-19,29H,2,11-17H2,1H3,(H,26,30)/t19-/m0/s1. The summed E-state index contributed by atoms with van der Waals surface area (Å²) in [6, 6.07) is 15.4. The molecule has 0 saturated carbocycles. The first-order chi connectivity index (χ1) is 16.1. The first-order valence-electron chi connectivity index (χ1n) is 11.5. The molecule has 1 aromatic heterocycles. The van der Waals surface area contributed by atoms with Gasteiger partial charge < -0.3 is 24.8 Å². The van der Waals surface area contributed by atoms with Gasteiger partial charge in [0.2, 0.25) is 0 Å². The van der Waals surface area contributed by atoms with Gasteiger partial charge in [-0.3, -0.25) is 0 Å². The number of aliphatic hydroxyl groups is 1. The zero-order valence-corrected chi connectivity index (χ0v) is 18.9. The van der Waals surface area contributed by atoms with Crippen molar-refractivity contribution in [2.75, 3.05) is 39.5 Å². The van der Waals surface area contributed by atoms with Crippen LogP contribution >= 0.6 is 0 Å². The van der Waals surface area contributed by atoms with Gasteiger partial charge in [0.05, 0.1) is 36.9 Å². The number of carbonyl (C=O) groups excluding carboxylic acids is 2. The highest BCUT2D eigenvalue weighted by atomic mass is 16.6. The van der Waals surface area contributed by atoms with E-state index in [1.54, 1.807) is 11.5 Å². The van der Waals surface area contributed by atoms with Crippen molar-refractivity contribution in [3.05, 3.63) is 48.5 Å². The predicted molar refractivity (Wildman–Crippen MR) is 126 cm³/mol. The van der Waals surface area contributed by atoms with Gasteiger partial charge in [0.15, 0.2) is 0 Å². The van der Waals surface area contributed by atoms with E-state index in [0.29, 0.717) is 19.8 Å². The summed E-state index contributed by atoms with van der Waals surface area (Å²) in [6.07, 6.45) is 0.910. The molecule has 4 rings (SSSR count). The van der Waals surface area contributed by atoms with Gasteiger partial charge in [-0.1, -0.05) is 36.4 Å². The molecule has 0 unspecified atom stereocenters. The number of fused-ring (bicyclic) bond motifs is 3. The minimum atomic E-state index is -0.511. The maximum absolute atomic E-state index is 13.0. The number of hydrogen-bond acceptors (Lipinski definition) is 6. The number of nitrogens with zero attached hydrogens (tertiary/aromatic N) is 2. The van der Waals surface area contributed by atoms with E-state index in [1.165, 1.54) is 0 Å². The first-order valence-corrected chi connectivity index (χ1v) is 11.5. The van der Waals surface area contributed by atoms with Crippen LogP contribution in [0.1, 0.15) is 19.8 Å². The van der Waals surface area contributed by atoms with Crippen molar-refractivity contribution in [1.29, 1.82) is 0 Å². The number of nitrogens with one attached hydrogen (secondary N) is 1. The summed E-state index contributed by atoms with van der Waals surface area (Å²) in [7, 11) is 0. The molecule has 2 heterocycles. The minimum absolute atomic E-state index is 0.144. The normalized spacial score (nSPS) is 16.1. The fourth-order valence-corrected chi connectivity index (χ4v) is 4.51. The Hall–Kier alpha value is -3.10. The number of aromatic nitrogens is 1. The molecule has 1 saturated heterocycles. The lowest BCUT2D eigenvalue weighted by molar-refractivity contribution is 0.0882. The van der Waals surface area contributed by atoms with Crippen molar-refractivity contribution in [2.45, 2.75) is 25.8 Å². The predicted octanol–water partition coefficient (Wildman–Crippen LogP) is 3.60. The van der Waals surface area contributed by atoms with Crippen LogP contribution in [0.5, 0.6) is 0 Å². The molecule has 33 heavy (non-hydrogen) atoms. The molecule has 1 aliphatic rings. The Labute approximate surface area is 193 Å². The Morgan fingerprint density at radius 3 is 2.21 bits per heavy atom. The van der Waals surface area contributed by atoms with E-state index in [0.717, 1.165) is 47.7 Å². The Morgan fingerprint density at radius 2 is 1.64 bits per heavy atom. The van der Waals surface area contributed by atoms with E-state index in [2.05, 4.69) is 10.2 Å². The molecule has 2 aromatic carbocycles. The van der Waals surface area contributed by atoms with Crippen molar-refractivity contribution in [2.24, 2.45) is 5.92 Å². The van der Waals surface area contributed by atoms with Gasteiger partial charge in [-0.05, 0) is 50.9 Å². The molecule has 1 fully saturated rings. The number of aliphatic hydroxyl groups excluding tert-OH is 1. The van der Waals surface area contributed by atoms with Crippen LogP contribution in [0.2, 0.25) is 0 Å². The summed E-state index contributed by atoms with van der Waals surface area (Å²) in [6.45, 7) is 4.46. The molecule has 176 valence electrons. The molecule has 0 spiro atoms. The molecule has 1 atom stereocenters. The first kappa shape index (κ1) is 23.1. The molecular formula is C25H31N3O5. The highest BCUT2D eigenvalue weighted by molar-refractivity contribution is 6.12. The van der Waals surface area contributed by atoms with Gasteiger partial charge >= 0.3 is 12.2 Å². The molecule has 1 amide bonds. The smallest absolute Gasteiger partial charge is 0.418 e. The van der Waals surface area contributed by atoms with Crippen LogP contribution in [-0.2, 0) is 9.47 Å². The lowest BCUT2D eigenvalue weighted by Crippen LogP contribution is -2.48. The zero-order valence-electron chi connectivity index (χ0n) is 18.9. The van der Waals surface area contributed by atoms with Crippen LogP contribution < -0.4 is 5.32 Å². The average Bonchev–Trinajstić information content (AvgIpc) is 3.18. The lowest BCUT2D eigenvalue weighted by atomic mass is 9.97. The van der Waals surface area contributed by atoms with Gasteiger partial charge in [0, 0.05) is 17.3 Å². The number of alkyl carbamates (subject to hydrolysis) is 1. The molecule has 0 radical (unpaired) electrons. The summed E-state index contributed by atoms with van der Waals surface area (Å²) >= 11 is 0. The topological polar surface area (TPSA) is 93.0 Å². The van der Waals surface area contributed by atoms with Crippen LogP contribution in [0.25, 0.3) is 21.8 Å². The van der Waals surface area contributed by atoms with Crippen LogP contribution in [0, 0.1) is 5.92 Å². The third-order valence-electron chi connectivity index (χ3n) is 6.21. The van der Waals surface area contributed by atoms with Crippen LogP contribution in [0.3, 0.4) is 0 Å². The van der Waals surface area contributed by atoms with Crippen molar-refractivity contribution in [1.82, 2.24) is 14.8 Å². The van der Waals surface area contributed by atoms with Gasteiger partial charge in [0.1, 0.15) is 0 Å². The van der Waals surface area contributed by atoms with Crippen LogP contribution in [-0.4, -0.2) is 72.3 Å². The van der Waals surface area contributed by atoms with Crippen LogP contribution in [0.4, 0.5) is 9.59 Å². The molecular weight excluding hydrogens is 422 g/mol. The van der Waals surface area contributed by atoms with Crippen LogP contribution in [0.15, 0.2) is 48.5 Å². The number of rotatable bonds is 7. The third-order valence-corrected chi connectivity index (χ3v) is 6.21. The summed E-state index contributed by atoms with van der Waals surface area (Å²) in [5.74, 6) is 0.281. The zero-order chi connectivity index (χ0) is 23.2. The molecule has 0 aliphatic carbocycles. The Balaban J connectivity index is 1.31. The van der Waals surface area contributed by atoms with E-state index < -0.39 is 6.09 Å². The van der Waals surface area contributed by atoms with Crippen molar-refractivity contribution < 1.29 is 24.2 Å². The van der Waals surface area contributed by atoms with Crippen molar-refractivity contribution in [3.8, 4) is 0 Å². The Morgan fingerprint density at radius 1 is 1.03 bits per heavy atom. The fourth-order valence-electron chi connectivity index (χ4n) is 4.51. The van der Waals surface area contributed by atoms with E-state index in [-0.39, 0.29) is 24.7 Å². The van der Waals surface area contributed by atoms with Crippen molar-refractivity contribution in [3.63, 3.8) is 0 Å². The Kier molecular flexibility index (Phi) is 7.47. The highest BCUT2D eigenvalue weighted by Gasteiger charge is 2.24. The van der Waals surface area contributed by atoms with Gasteiger partial charge in [-0.2, -0.15) is 0 Å². The lowest BCUT2D eigenvalue weighted by Gasteiger charge is -2.33. The summed E-state index contributed by atoms with van der Waals surface area (Å²) in [5, 5.41) is 14.3. The van der Waals surface area contributed by atoms with Gasteiger partial charge in [-0.25, -0.2) is 14.2 Å². The monoisotopic (exact) mass is 453 g/mol. The summed E-state index contributed by atoms with van der Waals surface area (Å²) in [5.41, 5.74) is 1.70. The van der Waals surface area contributed by atoms with E-state index in [1.807, 2.05) is 48.5 Å². The molecule has 8 nitrogen and oxygen atoms in total. The second-order valence-corrected chi connectivity index (χ2v) is 8.43. The molecule has 8 heteroatoms. The molecule has 2 N–H and O–H groups in total. The number of likely N-dealkylation sites (tertiary alicyclic amines) is 1. The number of piperidine rings is 1. The minimum Gasteiger partial charge on any atom is -0.450 e. The Bertz CT molecular complexity index is 1050.